The summed E-state index contributed by atoms with van der Waals surface area (Å²) in [5.74, 6) is -0.370. The van der Waals surface area contributed by atoms with Crippen LogP contribution in [0, 0.1) is 12.7 Å². The smallest absolute Gasteiger partial charge is 0.242 e. The van der Waals surface area contributed by atoms with E-state index in [2.05, 4.69) is 4.72 Å². The maximum absolute atomic E-state index is 13.6. The lowest BCUT2D eigenvalue weighted by Crippen LogP contribution is -2.27. The molecule has 0 amide bonds. The molecule has 0 saturated heterocycles. The lowest BCUT2D eigenvalue weighted by atomic mass is 10.1. The third kappa shape index (κ3) is 3.49. The number of hydrogen-bond acceptors (Lipinski definition) is 4. The predicted molar refractivity (Wildman–Crippen MR) is 80.1 cm³/mol. The molecule has 2 rings (SSSR count). The van der Waals surface area contributed by atoms with Crippen molar-refractivity contribution < 1.29 is 17.9 Å². The number of rotatable bonds is 5. The average Bonchev–Trinajstić information content (AvgIpc) is 2.90. The molecule has 1 atom stereocenters. The third-order valence-electron chi connectivity index (χ3n) is 3.17. The first-order valence-electron chi connectivity index (χ1n) is 6.30. The Balaban J connectivity index is 2.25. The zero-order valence-electron chi connectivity index (χ0n) is 11.6. The second kappa shape index (κ2) is 6.23. The second-order valence-corrected chi connectivity index (χ2v) is 7.40. The van der Waals surface area contributed by atoms with Crippen LogP contribution in [0.25, 0.3) is 0 Å². The van der Waals surface area contributed by atoms with Gasteiger partial charge in [0.05, 0.1) is 11.5 Å². The Morgan fingerprint density at radius 1 is 1.38 bits per heavy atom. The Bertz CT molecular complexity index is 740. The van der Waals surface area contributed by atoms with Gasteiger partial charge in [0.2, 0.25) is 10.0 Å². The Hall–Kier alpha value is -1.28. The number of sulfonamides is 1. The van der Waals surface area contributed by atoms with Crippen molar-refractivity contribution in [3.05, 3.63) is 51.5 Å². The zero-order chi connectivity index (χ0) is 15.6. The normalized spacial score (nSPS) is 13.3. The maximum atomic E-state index is 13.6. The molecule has 0 radical (unpaired) electrons. The van der Waals surface area contributed by atoms with Crippen LogP contribution in [-0.2, 0) is 16.6 Å². The molecule has 0 aliphatic carbocycles. The van der Waals surface area contributed by atoms with Crippen molar-refractivity contribution in [2.45, 2.75) is 31.4 Å². The molecule has 1 aromatic carbocycles. The number of aliphatic hydroxyl groups excluding tert-OH is 1. The van der Waals surface area contributed by atoms with E-state index in [1.807, 2.05) is 0 Å². The van der Waals surface area contributed by atoms with Gasteiger partial charge in [-0.15, -0.1) is 11.3 Å². The lowest BCUT2D eigenvalue weighted by Gasteiger charge is -2.15. The van der Waals surface area contributed by atoms with Crippen LogP contribution in [0.2, 0.25) is 0 Å². The Morgan fingerprint density at radius 2 is 2.10 bits per heavy atom. The summed E-state index contributed by atoms with van der Waals surface area (Å²) in [6.07, 6.45) is 0. The predicted octanol–water partition coefficient (Wildman–Crippen LogP) is 2.73. The Kier molecular flexibility index (Phi) is 4.77. The van der Waals surface area contributed by atoms with Crippen LogP contribution in [0.4, 0.5) is 4.39 Å². The monoisotopic (exact) mass is 329 g/mol. The quantitative estimate of drug-likeness (QED) is 0.886. The molecule has 0 spiro atoms. The molecule has 2 aromatic rings. The molecule has 0 saturated carbocycles. The standard InChI is InChI=1S/C14H16FNO3S2/c1-9-3-4-11(7-12(9)15)10(2)16-21(18,19)14-5-6-20-13(14)8-17/h3-7,10,16-17H,8H2,1-2H3. The molecular formula is C14H16FNO3S2. The van der Waals surface area contributed by atoms with Gasteiger partial charge in [-0.1, -0.05) is 12.1 Å². The van der Waals surface area contributed by atoms with E-state index in [1.54, 1.807) is 31.4 Å². The van der Waals surface area contributed by atoms with Crippen molar-refractivity contribution >= 4 is 21.4 Å². The molecule has 1 unspecified atom stereocenters. The van der Waals surface area contributed by atoms with E-state index in [-0.39, 0.29) is 17.3 Å². The van der Waals surface area contributed by atoms with Gasteiger partial charge in [0, 0.05) is 10.9 Å². The molecular weight excluding hydrogens is 313 g/mol. The third-order valence-corrected chi connectivity index (χ3v) is 5.83. The van der Waals surface area contributed by atoms with Crippen LogP contribution >= 0.6 is 11.3 Å². The molecule has 1 aromatic heterocycles. The second-order valence-electron chi connectivity index (χ2n) is 4.72. The average molecular weight is 329 g/mol. The summed E-state index contributed by atoms with van der Waals surface area (Å²) in [5, 5.41) is 10.8. The zero-order valence-corrected chi connectivity index (χ0v) is 13.3. The summed E-state index contributed by atoms with van der Waals surface area (Å²) in [4.78, 5) is 0.444. The van der Waals surface area contributed by atoms with Crippen molar-refractivity contribution in [1.29, 1.82) is 0 Å². The minimum Gasteiger partial charge on any atom is -0.391 e. The van der Waals surface area contributed by atoms with E-state index >= 15 is 0 Å². The van der Waals surface area contributed by atoms with Gasteiger partial charge in [-0.25, -0.2) is 17.5 Å². The number of halogens is 1. The first kappa shape index (κ1) is 16.1. The Labute approximate surface area is 127 Å². The maximum Gasteiger partial charge on any atom is 0.242 e. The molecule has 114 valence electrons. The highest BCUT2D eigenvalue weighted by atomic mass is 32.2. The fourth-order valence-electron chi connectivity index (χ4n) is 1.93. The van der Waals surface area contributed by atoms with Gasteiger partial charge >= 0.3 is 0 Å². The highest BCUT2D eigenvalue weighted by molar-refractivity contribution is 7.89. The molecule has 0 aliphatic rings. The van der Waals surface area contributed by atoms with Crippen molar-refractivity contribution in [3.8, 4) is 0 Å². The molecule has 4 nitrogen and oxygen atoms in total. The van der Waals surface area contributed by atoms with Crippen LogP contribution in [0.3, 0.4) is 0 Å². The van der Waals surface area contributed by atoms with E-state index < -0.39 is 16.1 Å². The van der Waals surface area contributed by atoms with Crippen molar-refractivity contribution in [3.63, 3.8) is 0 Å². The topological polar surface area (TPSA) is 66.4 Å². The van der Waals surface area contributed by atoms with Crippen molar-refractivity contribution in [2.24, 2.45) is 0 Å². The summed E-state index contributed by atoms with van der Waals surface area (Å²) in [5.41, 5.74) is 1.05. The van der Waals surface area contributed by atoms with Gasteiger partial charge in [-0.3, -0.25) is 0 Å². The van der Waals surface area contributed by atoms with Crippen molar-refractivity contribution in [2.75, 3.05) is 0 Å². The van der Waals surface area contributed by atoms with Gasteiger partial charge in [-0.05, 0) is 42.5 Å². The minimum absolute atomic E-state index is 0.0643. The van der Waals surface area contributed by atoms with E-state index in [0.717, 1.165) is 0 Å². The van der Waals surface area contributed by atoms with Gasteiger partial charge < -0.3 is 5.11 Å². The molecule has 0 bridgehead atoms. The summed E-state index contributed by atoms with van der Waals surface area (Å²) >= 11 is 1.17. The van der Waals surface area contributed by atoms with E-state index in [0.29, 0.717) is 16.0 Å². The fourth-order valence-corrected chi connectivity index (χ4v) is 4.45. The van der Waals surface area contributed by atoms with Gasteiger partial charge in [0.25, 0.3) is 0 Å². The van der Waals surface area contributed by atoms with Crippen molar-refractivity contribution in [1.82, 2.24) is 4.72 Å². The van der Waals surface area contributed by atoms with Crippen LogP contribution < -0.4 is 4.72 Å². The van der Waals surface area contributed by atoms with Gasteiger partial charge in [0.1, 0.15) is 5.82 Å². The van der Waals surface area contributed by atoms with Crippen LogP contribution in [0.5, 0.6) is 0 Å². The van der Waals surface area contributed by atoms with Crippen LogP contribution in [0.15, 0.2) is 34.5 Å². The van der Waals surface area contributed by atoms with Gasteiger partial charge in [0.15, 0.2) is 0 Å². The number of aliphatic hydroxyl groups is 1. The van der Waals surface area contributed by atoms with Gasteiger partial charge in [-0.2, -0.15) is 0 Å². The summed E-state index contributed by atoms with van der Waals surface area (Å²) in [7, 11) is -3.75. The van der Waals surface area contributed by atoms with E-state index in [9.17, 15) is 12.8 Å². The summed E-state index contributed by atoms with van der Waals surface area (Å²) < 4.78 is 40.7. The highest BCUT2D eigenvalue weighted by Gasteiger charge is 2.22. The molecule has 0 fully saturated rings. The highest BCUT2D eigenvalue weighted by Crippen LogP contribution is 2.24. The SMILES string of the molecule is Cc1ccc(C(C)NS(=O)(=O)c2ccsc2CO)cc1F. The molecule has 0 aliphatic heterocycles. The minimum atomic E-state index is -3.75. The number of nitrogens with one attached hydrogen (secondary N) is 1. The number of hydrogen-bond donors (Lipinski definition) is 2. The number of thiophene rings is 1. The largest absolute Gasteiger partial charge is 0.391 e. The first-order chi connectivity index (χ1) is 9.85. The first-order valence-corrected chi connectivity index (χ1v) is 8.67. The van der Waals surface area contributed by atoms with Crippen LogP contribution in [-0.4, -0.2) is 13.5 Å². The fraction of sp³-hybridized carbons (Fsp3) is 0.286. The van der Waals surface area contributed by atoms with E-state index in [1.165, 1.54) is 23.5 Å². The van der Waals surface area contributed by atoms with Crippen LogP contribution in [0.1, 0.15) is 29.0 Å². The lowest BCUT2D eigenvalue weighted by molar-refractivity contribution is 0.282. The molecule has 2 N–H and O–H groups in total. The summed E-state index contributed by atoms with van der Waals surface area (Å²) in [6, 6.07) is 5.49. The number of benzene rings is 1. The Morgan fingerprint density at radius 3 is 2.71 bits per heavy atom. The summed E-state index contributed by atoms with van der Waals surface area (Å²) in [6.45, 7) is 2.96. The molecule has 1 heterocycles. The van der Waals surface area contributed by atoms with E-state index in [4.69, 9.17) is 5.11 Å². The molecule has 21 heavy (non-hydrogen) atoms. The molecule has 7 heteroatoms. The number of aryl methyl sites for hydroxylation is 1.